The number of nitrogens with zero attached hydrogens (tertiary/aromatic N) is 4. The second kappa shape index (κ2) is 8.13. The molecule has 0 bridgehead atoms. The van der Waals surface area contributed by atoms with E-state index in [4.69, 9.17) is 0 Å². The van der Waals surface area contributed by atoms with Crippen molar-refractivity contribution in [3.63, 3.8) is 0 Å². The molecule has 1 saturated heterocycles. The Hall–Kier alpha value is -2.22. The Bertz CT molecular complexity index is 918. The third kappa shape index (κ3) is 3.77. The summed E-state index contributed by atoms with van der Waals surface area (Å²) in [6.07, 6.45) is 9.53. The molecular weight excluding hydrogens is 398 g/mol. The van der Waals surface area contributed by atoms with Crippen LogP contribution in [0.1, 0.15) is 77.5 Å². The maximum atomic E-state index is 12.9. The number of nitrogens with one attached hydrogen (secondary N) is 1. The maximum Gasteiger partial charge on any atom is 0.289 e. The summed E-state index contributed by atoms with van der Waals surface area (Å²) in [5.74, 6) is 1.43. The van der Waals surface area contributed by atoms with Crippen LogP contribution in [0.4, 0.5) is 0 Å². The van der Waals surface area contributed by atoms with Crippen molar-refractivity contribution in [1.82, 2.24) is 25.0 Å². The van der Waals surface area contributed by atoms with Crippen molar-refractivity contribution in [3.8, 4) is 0 Å². The van der Waals surface area contributed by atoms with Gasteiger partial charge in [-0.3, -0.25) is 9.59 Å². The van der Waals surface area contributed by atoms with Gasteiger partial charge in [0, 0.05) is 32.1 Å². The first-order valence-corrected chi connectivity index (χ1v) is 12.1. The number of thiophene rings is 1. The average Bonchev–Trinajstić information content (AvgIpc) is 3.49. The number of amides is 2. The van der Waals surface area contributed by atoms with Gasteiger partial charge in [0.05, 0.1) is 4.88 Å². The molecule has 2 aliphatic heterocycles. The molecule has 5 rings (SSSR count). The van der Waals surface area contributed by atoms with Gasteiger partial charge in [-0.1, -0.05) is 25.3 Å². The summed E-state index contributed by atoms with van der Waals surface area (Å²) in [6, 6.07) is 4.10. The van der Waals surface area contributed by atoms with Crippen molar-refractivity contribution in [2.45, 2.75) is 70.4 Å². The molecule has 1 spiro atoms. The van der Waals surface area contributed by atoms with Crippen LogP contribution in [0.5, 0.6) is 0 Å². The van der Waals surface area contributed by atoms with Crippen molar-refractivity contribution in [3.05, 3.63) is 34.0 Å². The lowest BCUT2D eigenvalue weighted by Crippen LogP contribution is -2.37. The van der Waals surface area contributed by atoms with Gasteiger partial charge in [-0.25, -0.2) is 0 Å². The highest BCUT2D eigenvalue weighted by Crippen LogP contribution is 2.41. The highest BCUT2D eigenvalue weighted by Gasteiger charge is 2.42. The van der Waals surface area contributed by atoms with Crippen LogP contribution < -0.4 is 5.32 Å². The molecule has 0 radical (unpaired) electrons. The number of fused-ring (bicyclic) bond motifs is 1. The maximum absolute atomic E-state index is 12.9. The normalized spacial score (nSPS) is 24.6. The molecule has 2 aromatic rings. The number of carbonyl (C=O) groups is 2. The van der Waals surface area contributed by atoms with E-state index >= 15 is 0 Å². The predicted octanol–water partition coefficient (Wildman–Crippen LogP) is 3.27. The summed E-state index contributed by atoms with van der Waals surface area (Å²) in [4.78, 5) is 28.5. The fourth-order valence-corrected chi connectivity index (χ4v) is 6.03. The zero-order chi connectivity index (χ0) is 20.6. The van der Waals surface area contributed by atoms with E-state index in [1.54, 1.807) is 0 Å². The van der Waals surface area contributed by atoms with E-state index in [9.17, 15) is 9.59 Å². The standard InChI is InChI=1S/C22H29N5O2S/c28-20(23-16-5-2-1-3-6-16)19-25-24-18-8-9-22(11-13-27(18)19)10-12-26(15-22)21(29)17-7-4-14-30-17/h4,7,14,16H,1-3,5-6,8-13,15H2,(H,23,28)/t22-/m1/s1. The molecule has 1 aliphatic carbocycles. The summed E-state index contributed by atoms with van der Waals surface area (Å²) in [6.45, 7) is 2.36. The van der Waals surface area contributed by atoms with Crippen LogP contribution in [-0.4, -0.2) is 50.6 Å². The molecule has 160 valence electrons. The van der Waals surface area contributed by atoms with Crippen molar-refractivity contribution in [2.75, 3.05) is 13.1 Å². The zero-order valence-corrected chi connectivity index (χ0v) is 18.1. The number of hydrogen-bond acceptors (Lipinski definition) is 5. The number of aromatic nitrogens is 3. The summed E-state index contributed by atoms with van der Waals surface area (Å²) in [7, 11) is 0. The number of carbonyl (C=O) groups excluding carboxylic acids is 2. The molecule has 1 saturated carbocycles. The van der Waals surface area contributed by atoms with Crippen molar-refractivity contribution in [1.29, 1.82) is 0 Å². The predicted molar refractivity (Wildman–Crippen MR) is 115 cm³/mol. The smallest absolute Gasteiger partial charge is 0.289 e. The summed E-state index contributed by atoms with van der Waals surface area (Å²) >= 11 is 1.51. The Morgan fingerprint density at radius 2 is 1.93 bits per heavy atom. The molecule has 0 unspecified atom stereocenters. The highest BCUT2D eigenvalue weighted by molar-refractivity contribution is 7.12. The van der Waals surface area contributed by atoms with Gasteiger partial charge in [0.25, 0.3) is 11.8 Å². The van der Waals surface area contributed by atoms with Gasteiger partial charge in [0.1, 0.15) is 5.82 Å². The number of hydrogen-bond donors (Lipinski definition) is 1. The Balaban J connectivity index is 1.25. The Kier molecular flexibility index (Phi) is 5.35. The Morgan fingerprint density at radius 1 is 1.10 bits per heavy atom. The third-order valence-electron chi connectivity index (χ3n) is 7.17. The van der Waals surface area contributed by atoms with Crippen molar-refractivity contribution in [2.24, 2.45) is 5.41 Å². The fraction of sp³-hybridized carbons (Fsp3) is 0.636. The minimum Gasteiger partial charge on any atom is -0.347 e. The van der Waals surface area contributed by atoms with Gasteiger partial charge in [0.15, 0.2) is 0 Å². The van der Waals surface area contributed by atoms with E-state index in [2.05, 4.69) is 15.5 Å². The summed E-state index contributed by atoms with van der Waals surface area (Å²) in [5, 5.41) is 13.7. The first-order chi connectivity index (χ1) is 14.6. The molecule has 2 aromatic heterocycles. The minimum absolute atomic E-state index is 0.0856. The van der Waals surface area contributed by atoms with Gasteiger partial charge in [-0.15, -0.1) is 21.5 Å². The highest BCUT2D eigenvalue weighted by atomic mass is 32.1. The minimum atomic E-state index is -0.0856. The topological polar surface area (TPSA) is 80.1 Å². The second-order valence-electron chi connectivity index (χ2n) is 9.10. The van der Waals surface area contributed by atoms with Gasteiger partial charge < -0.3 is 14.8 Å². The molecule has 2 amide bonds. The molecule has 8 heteroatoms. The summed E-state index contributed by atoms with van der Waals surface area (Å²) < 4.78 is 2.02. The van der Waals surface area contributed by atoms with E-state index in [1.165, 1.54) is 30.6 Å². The van der Waals surface area contributed by atoms with Crippen LogP contribution >= 0.6 is 11.3 Å². The first kappa shape index (κ1) is 19.7. The van der Waals surface area contributed by atoms with E-state index in [-0.39, 0.29) is 23.3 Å². The SMILES string of the molecule is O=C(NC1CCCCC1)c1nnc2n1CC[C@@]1(CC2)CCN(C(=O)c2cccs2)C1. The average molecular weight is 428 g/mol. The molecule has 2 fully saturated rings. The quantitative estimate of drug-likeness (QED) is 0.815. The molecule has 30 heavy (non-hydrogen) atoms. The van der Waals surface area contributed by atoms with Gasteiger partial charge >= 0.3 is 0 Å². The first-order valence-electron chi connectivity index (χ1n) is 11.2. The molecule has 0 aromatic carbocycles. The van der Waals surface area contributed by atoms with Crippen molar-refractivity contribution < 1.29 is 9.59 Å². The number of likely N-dealkylation sites (tertiary alicyclic amines) is 1. The third-order valence-corrected chi connectivity index (χ3v) is 8.03. The van der Waals surface area contributed by atoms with Crippen LogP contribution in [0.25, 0.3) is 0 Å². The monoisotopic (exact) mass is 427 g/mol. The number of rotatable bonds is 3. The zero-order valence-electron chi connectivity index (χ0n) is 17.3. The van der Waals surface area contributed by atoms with E-state index < -0.39 is 0 Å². The van der Waals surface area contributed by atoms with Crippen LogP contribution in [0.2, 0.25) is 0 Å². The second-order valence-corrected chi connectivity index (χ2v) is 10.1. The van der Waals surface area contributed by atoms with E-state index in [0.717, 1.165) is 68.9 Å². The lowest BCUT2D eigenvalue weighted by molar-refractivity contribution is 0.0772. The lowest BCUT2D eigenvalue weighted by Gasteiger charge is -2.27. The largest absolute Gasteiger partial charge is 0.347 e. The Labute approximate surface area is 180 Å². The van der Waals surface area contributed by atoms with Crippen LogP contribution in [0.15, 0.2) is 17.5 Å². The van der Waals surface area contributed by atoms with Gasteiger partial charge in [-0.05, 0) is 49.0 Å². The lowest BCUT2D eigenvalue weighted by atomic mass is 9.80. The molecular formula is C22H29N5O2S. The molecule has 7 nitrogen and oxygen atoms in total. The van der Waals surface area contributed by atoms with Crippen LogP contribution in [-0.2, 0) is 13.0 Å². The van der Waals surface area contributed by atoms with Gasteiger partial charge in [-0.2, -0.15) is 0 Å². The van der Waals surface area contributed by atoms with E-state index in [0.29, 0.717) is 5.82 Å². The Morgan fingerprint density at radius 3 is 2.73 bits per heavy atom. The van der Waals surface area contributed by atoms with E-state index in [1.807, 2.05) is 27.0 Å². The van der Waals surface area contributed by atoms with Crippen molar-refractivity contribution >= 4 is 23.2 Å². The van der Waals surface area contributed by atoms with Crippen LogP contribution in [0.3, 0.4) is 0 Å². The molecule has 3 aliphatic rings. The molecule has 1 N–H and O–H groups in total. The molecule has 4 heterocycles. The fourth-order valence-electron chi connectivity index (χ4n) is 5.34. The summed E-state index contributed by atoms with van der Waals surface area (Å²) in [5.41, 5.74) is 0.116. The van der Waals surface area contributed by atoms with Gasteiger partial charge in [0.2, 0.25) is 5.82 Å². The van der Waals surface area contributed by atoms with Crippen LogP contribution in [0, 0.1) is 5.41 Å². The molecule has 1 atom stereocenters. The number of aryl methyl sites for hydroxylation is 1.